The maximum absolute atomic E-state index is 11.6. The van der Waals surface area contributed by atoms with Gasteiger partial charge >= 0.3 is 5.97 Å². The average molecular weight is 273 g/mol. The van der Waals surface area contributed by atoms with Gasteiger partial charge in [-0.2, -0.15) is 5.11 Å². The number of hydrogen-bond acceptors (Lipinski definition) is 5. The third kappa shape index (κ3) is 2.40. The van der Waals surface area contributed by atoms with E-state index in [-0.39, 0.29) is 24.6 Å². The van der Waals surface area contributed by atoms with Gasteiger partial charge in [-0.15, -0.1) is 0 Å². The lowest BCUT2D eigenvalue weighted by molar-refractivity contribution is -0.144. The van der Waals surface area contributed by atoms with Crippen LogP contribution in [0.3, 0.4) is 0 Å². The summed E-state index contributed by atoms with van der Waals surface area (Å²) in [4.78, 5) is 11.6. The molecule has 0 bridgehead atoms. The predicted octanol–water partition coefficient (Wildman–Crippen LogP) is 2.68. The Hall–Kier alpha value is -1.91. The molecule has 0 saturated carbocycles. The summed E-state index contributed by atoms with van der Waals surface area (Å²) in [5, 5.41) is 10.4. The molecule has 3 rings (SSSR count). The first-order valence-electron chi connectivity index (χ1n) is 7.20. The SMILES string of the molecule is CCOC(=O)CN1N=N[C@@H]2c3ccccc3CCC[C@H]21. The summed E-state index contributed by atoms with van der Waals surface area (Å²) in [5.41, 5.74) is 2.61. The number of carbonyl (C=O) groups excluding carboxylic acids is 1. The van der Waals surface area contributed by atoms with Crippen LogP contribution in [0.4, 0.5) is 0 Å². The second-order valence-electron chi connectivity index (χ2n) is 5.21. The summed E-state index contributed by atoms with van der Waals surface area (Å²) >= 11 is 0. The second kappa shape index (κ2) is 5.61. The average Bonchev–Trinajstić information content (AvgIpc) is 2.73. The molecule has 5 heteroatoms. The van der Waals surface area contributed by atoms with E-state index in [2.05, 4.69) is 28.5 Å². The molecule has 0 aromatic heterocycles. The molecule has 2 atom stereocenters. The summed E-state index contributed by atoms with van der Waals surface area (Å²) in [5.74, 6) is -0.232. The van der Waals surface area contributed by atoms with Gasteiger partial charge in [-0.05, 0) is 37.3 Å². The fourth-order valence-electron chi connectivity index (χ4n) is 3.04. The van der Waals surface area contributed by atoms with Gasteiger partial charge in [0.05, 0.1) is 12.6 Å². The van der Waals surface area contributed by atoms with E-state index in [1.165, 1.54) is 11.1 Å². The zero-order valence-corrected chi connectivity index (χ0v) is 11.7. The van der Waals surface area contributed by atoms with Crippen LogP contribution in [0.15, 0.2) is 34.6 Å². The second-order valence-corrected chi connectivity index (χ2v) is 5.21. The van der Waals surface area contributed by atoms with Gasteiger partial charge < -0.3 is 4.74 Å². The van der Waals surface area contributed by atoms with E-state index in [1.54, 1.807) is 5.01 Å². The molecular formula is C15H19N3O2. The zero-order valence-electron chi connectivity index (χ0n) is 11.7. The number of aryl methyl sites for hydroxylation is 1. The molecule has 0 amide bonds. The Morgan fingerprint density at radius 3 is 3.15 bits per heavy atom. The highest BCUT2D eigenvalue weighted by atomic mass is 16.5. The number of rotatable bonds is 3. The normalized spacial score (nSPS) is 23.9. The minimum atomic E-state index is -0.232. The topological polar surface area (TPSA) is 54.3 Å². The van der Waals surface area contributed by atoms with Gasteiger partial charge in [0, 0.05) is 0 Å². The van der Waals surface area contributed by atoms with Crippen LogP contribution in [0.25, 0.3) is 0 Å². The molecule has 1 heterocycles. The molecular weight excluding hydrogens is 254 g/mol. The van der Waals surface area contributed by atoms with Crippen LogP contribution in [-0.4, -0.2) is 30.2 Å². The highest BCUT2D eigenvalue weighted by Gasteiger charge is 2.37. The first kappa shape index (κ1) is 13.1. The molecule has 0 fully saturated rings. The van der Waals surface area contributed by atoms with Crippen LogP contribution in [0.1, 0.15) is 36.9 Å². The van der Waals surface area contributed by atoms with Crippen LogP contribution in [0, 0.1) is 0 Å². The predicted molar refractivity (Wildman–Crippen MR) is 74.1 cm³/mol. The number of nitrogens with zero attached hydrogens (tertiary/aromatic N) is 3. The van der Waals surface area contributed by atoms with Crippen LogP contribution >= 0.6 is 0 Å². The fourth-order valence-corrected chi connectivity index (χ4v) is 3.04. The van der Waals surface area contributed by atoms with E-state index < -0.39 is 0 Å². The van der Waals surface area contributed by atoms with E-state index in [4.69, 9.17) is 4.74 Å². The maximum Gasteiger partial charge on any atom is 0.327 e. The minimum absolute atomic E-state index is 0.0585. The van der Waals surface area contributed by atoms with Crippen molar-refractivity contribution in [2.75, 3.05) is 13.2 Å². The first-order valence-corrected chi connectivity index (χ1v) is 7.20. The molecule has 0 radical (unpaired) electrons. The molecule has 1 aliphatic heterocycles. The third-order valence-electron chi connectivity index (χ3n) is 3.95. The lowest BCUT2D eigenvalue weighted by Gasteiger charge is -2.23. The van der Waals surface area contributed by atoms with E-state index in [0.29, 0.717) is 6.61 Å². The Morgan fingerprint density at radius 1 is 1.45 bits per heavy atom. The van der Waals surface area contributed by atoms with Crippen molar-refractivity contribution in [3.05, 3.63) is 35.4 Å². The van der Waals surface area contributed by atoms with Gasteiger partial charge in [0.25, 0.3) is 0 Å². The van der Waals surface area contributed by atoms with Crippen molar-refractivity contribution < 1.29 is 9.53 Å². The van der Waals surface area contributed by atoms with E-state index in [9.17, 15) is 4.79 Å². The summed E-state index contributed by atoms with van der Waals surface area (Å²) < 4.78 is 5.00. The molecule has 1 aromatic rings. The smallest absolute Gasteiger partial charge is 0.327 e. The summed E-state index contributed by atoms with van der Waals surface area (Å²) in [6, 6.07) is 8.66. The molecule has 106 valence electrons. The van der Waals surface area contributed by atoms with Crippen molar-refractivity contribution in [1.29, 1.82) is 0 Å². The highest BCUT2D eigenvalue weighted by molar-refractivity contribution is 5.71. The van der Waals surface area contributed by atoms with Crippen LogP contribution in [0.5, 0.6) is 0 Å². The Labute approximate surface area is 118 Å². The van der Waals surface area contributed by atoms with Crippen molar-refractivity contribution >= 4 is 5.97 Å². The number of esters is 1. The van der Waals surface area contributed by atoms with E-state index in [0.717, 1.165) is 19.3 Å². The lowest BCUT2D eigenvalue weighted by atomic mass is 9.97. The van der Waals surface area contributed by atoms with Crippen LogP contribution < -0.4 is 0 Å². The Balaban J connectivity index is 1.79. The number of hydrogen-bond donors (Lipinski definition) is 0. The summed E-state index contributed by atoms with van der Waals surface area (Å²) in [7, 11) is 0. The van der Waals surface area contributed by atoms with Crippen molar-refractivity contribution in [1.82, 2.24) is 5.01 Å². The van der Waals surface area contributed by atoms with Gasteiger partial charge in [0.1, 0.15) is 12.6 Å². The Bertz CT molecular complexity index is 530. The Kier molecular flexibility index (Phi) is 3.67. The molecule has 5 nitrogen and oxygen atoms in total. The number of benzene rings is 1. The van der Waals surface area contributed by atoms with Gasteiger partial charge in [0.2, 0.25) is 0 Å². The van der Waals surface area contributed by atoms with Crippen LogP contribution in [0.2, 0.25) is 0 Å². The number of carbonyl (C=O) groups is 1. The number of fused-ring (bicyclic) bond motifs is 3. The van der Waals surface area contributed by atoms with Crippen molar-refractivity contribution in [2.45, 2.75) is 38.3 Å². The number of ether oxygens (including phenoxy) is 1. The molecule has 1 aromatic carbocycles. The van der Waals surface area contributed by atoms with Crippen LogP contribution in [-0.2, 0) is 16.0 Å². The monoisotopic (exact) mass is 273 g/mol. The molecule has 0 saturated heterocycles. The standard InChI is InChI=1S/C15H19N3O2/c1-2-20-14(19)10-18-13-9-5-7-11-6-3-4-8-12(11)15(13)16-17-18/h3-4,6,8,13,15H,2,5,7,9-10H2,1H3/t13-,15-/m1/s1. The molecule has 0 unspecified atom stereocenters. The zero-order chi connectivity index (χ0) is 13.9. The van der Waals surface area contributed by atoms with Gasteiger partial charge in [-0.25, -0.2) is 0 Å². The highest BCUT2D eigenvalue weighted by Crippen LogP contribution is 2.38. The first-order chi connectivity index (χ1) is 9.79. The minimum Gasteiger partial charge on any atom is -0.465 e. The largest absolute Gasteiger partial charge is 0.465 e. The van der Waals surface area contributed by atoms with Gasteiger partial charge in [0.15, 0.2) is 0 Å². The van der Waals surface area contributed by atoms with Gasteiger partial charge in [-0.3, -0.25) is 9.80 Å². The van der Waals surface area contributed by atoms with Crippen molar-refractivity contribution in [2.24, 2.45) is 10.3 Å². The fraction of sp³-hybridized carbons (Fsp3) is 0.533. The maximum atomic E-state index is 11.6. The lowest BCUT2D eigenvalue weighted by Crippen LogP contribution is -2.35. The molecule has 0 spiro atoms. The van der Waals surface area contributed by atoms with Crippen molar-refractivity contribution in [3.63, 3.8) is 0 Å². The van der Waals surface area contributed by atoms with E-state index >= 15 is 0 Å². The molecule has 1 aliphatic carbocycles. The summed E-state index contributed by atoms with van der Waals surface area (Å²) in [6.45, 7) is 2.41. The van der Waals surface area contributed by atoms with Gasteiger partial charge in [-0.1, -0.05) is 29.5 Å². The summed E-state index contributed by atoms with van der Waals surface area (Å²) in [6.07, 6.45) is 3.18. The molecule has 0 N–H and O–H groups in total. The quantitative estimate of drug-likeness (QED) is 0.796. The third-order valence-corrected chi connectivity index (χ3v) is 3.95. The van der Waals surface area contributed by atoms with Crippen molar-refractivity contribution in [3.8, 4) is 0 Å². The van der Waals surface area contributed by atoms with E-state index in [1.807, 2.05) is 13.0 Å². The molecule has 2 aliphatic rings. The molecule has 20 heavy (non-hydrogen) atoms. The Morgan fingerprint density at radius 2 is 2.30 bits per heavy atom.